The van der Waals surface area contributed by atoms with Crippen LogP contribution in [0, 0.1) is 5.82 Å². The monoisotopic (exact) mass is 308 g/mol. The predicted molar refractivity (Wildman–Crippen MR) is 88.3 cm³/mol. The molecule has 3 nitrogen and oxygen atoms in total. The Morgan fingerprint density at radius 3 is 2.52 bits per heavy atom. The average molecular weight is 308 g/mol. The Bertz CT molecular complexity index is 773. The fourth-order valence-corrected chi connectivity index (χ4v) is 2.38. The van der Waals surface area contributed by atoms with Crippen molar-refractivity contribution in [3.8, 4) is 16.9 Å². The summed E-state index contributed by atoms with van der Waals surface area (Å²) in [6.07, 6.45) is 3.52. The number of halogens is 1. The van der Waals surface area contributed by atoms with Crippen LogP contribution in [0.3, 0.4) is 0 Å². The van der Waals surface area contributed by atoms with E-state index in [1.54, 1.807) is 30.6 Å². The van der Waals surface area contributed by atoms with Crippen LogP contribution in [0.1, 0.15) is 11.1 Å². The summed E-state index contributed by atoms with van der Waals surface area (Å²) in [6, 6.07) is 15.7. The number of aromatic hydroxyl groups is 1. The zero-order valence-corrected chi connectivity index (χ0v) is 12.5. The summed E-state index contributed by atoms with van der Waals surface area (Å²) < 4.78 is 12.9. The number of phenols is 1. The van der Waals surface area contributed by atoms with Crippen molar-refractivity contribution in [1.29, 1.82) is 0 Å². The van der Waals surface area contributed by atoms with Crippen LogP contribution in [0.15, 0.2) is 67.0 Å². The van der Waals surface area contributed by atoms with Crippen LogP contribution in [0.25, 0.3) is 11.1 Å². The van der Waals surface area contributed by atoms with Crippen LogP contribution >= 0.6 is 0 Å². The van der Waals surface area contributed by atoms with E-state index in [4.69, 9.17) is 0 Å². The molecule has 3 aromatic rings. The molecule has 1 heterocycles. The average Bonchev–Trinajstić information content (AvgIpc) is 2.59. The number of aromatic nitrogens is 1. The first-order valence-corrected chi connectivity index (χ1v) is 7.40. The molecular weight excluding hydrogens is 291 g/mol. The molecule has 0 radical (unpaired) electrons. The summed E-state index contributed by atoms with van der Waals surface area (Å²) in [5.74, 6) is 0.0137. The van der Waals surface area contributed by atoms with E-state index in [2.05, 4.69) is 10.3 Å². The molecule has 2 aromatic carbocycles. The van der Waals surface area contributed by atoms with Crippen LogP contribution in [0.4, 0.5) is 4.39 Å². The van der Waals surface area contributed by atoms with E-state index in [1.807, 2.05) is 24.3 Å². The molecule has 23 heavy (non-hydrogen) atoms. The van der Waals surface area contributed by atoms with E-state index in [0.717, 1.165) is 22.3 Å². The van der Waals surface area contributed by atoms with Gasteiger partial charge in [-0.1, -0.05) is 24.3 Å². The highest BCUT2D eigenvalue weighted by Crippen LogP contribution is 2.25. The standard InChI is InChI=1S/C19H17FN2O/c20-18-6-3-14(4-7-18)11-22-13-17-10-15(5-8-19(17)23)16-2-1-9-21-12-16/h1-10,12,22-23H,11,13H2. The molecule has 2 N–H and O–H groups in total. The van der Waals surface area contributed by atoms with Gasteiger partial charge < -0.3 is 10.4 Å². The first kappa shape index (κ1) is 15.2. The third-order valence-corrected chi connectivity index (χ3v) is 3.63. The van der Waals surface area contributed by atoms with E-state index in [0.29, 0.717) is 13.1 Å². The van der Waals surface area contributed by atoms with Crippen LogP contribution < -0.4 is 5.32 Å². The van der Waals surface area contributed by atoms with Crippen LogP contribution in [-0.2, 0) is 13.1 Å². The molecule has 0 unspecified atom stereocenters. The Morgan fingerprint density at radius 2 is 1.78 bits per heavy atom. The molecule has 0 saturated carbocycles. The topological polar surface area (TPSA) is 45.2 Å². The molecule has 0 aliphatic heterocycles. The minimum Gasteiger partial charge on any atom is -0.508 e. The van der Waals surface area contributed by atoms with Crippen LogP contribution in [0.2, 0.25) is 0 Å². The first-order chi connectivity index (χ1) is 11.2. The summed E-state index contributed by atoms with van der Waals surface area (Å²) >= 11 is 0. The first-order valence-electron chi connectivity index (χ1n) is 7.40. The van der Waals surface area contributed by atoms with Gasteiger partial charge >= 0.3 is 0 Å². The van der Waals surface area contributed by atoms with E-state index >= 15 is 0 Å². The van der Waals surface area contributed by atoms with Crippen molar-refractivity contribution in [2.24, 2.45) is 0 Å². The second-order valence-electron chi connectivity index (χ2n) is 5.32. The highest BCUT2D eigenvalue weighted by Gasteiger charge is 2.05. The fraction of sp³-hybridized carbons (Fsp3) is 0.105. The second-order valence-corrected chi connectivity index (χ2v) is 5.32. The maximum atomic E-state index is 12.9. The van der Waals surface area contributed by atoms with Gasteiger partial charge in [-0.2, -0.15) is 0 Å². The maximum Gasteiger partial charge on any atom is 0.123 e. The number of hydrogen-bond donors (Lipinski definition) is 2. The largest absolute Gasteiger partial charge is 0.508 e. The maximum absolute atomic E-state index is 12.9. The van der Waals surface area contributed by atoms with Crippen molar-refractivity contribution < 1.29 is 9.50 Å². The van der Waals surface area contributed by atoms with Crippen molar-refractivity contribution in [1.82, 2.24) is 10.3 Å². The van der Waals surface area contributed by atoms with Gasteiger partial charge in [0.05, 0.1) is 0 Å². The van der Waals surface area contributed by atoms with Crippen molar-refractivity contribution >= 4 is 0 Å². The van der Waals surface area contributed by atoms with Gasteiger partial charge in [-0.15, -0.1) is 0 Å². The predicted octanol–water partition coefficient (Wildman–Crippen LogP) is 3.88. The second kappa shape index (κ2) is 7.03. The van der Waals surface area contributed by atoms with Gasteiger partial charge in [-0.3, -0.25) is 4.98 Å². The van der Waals surface area contributed by atoms with Gasteiger partial charge in [0, 0.05) is 36.6 Å². The van der Waals surface area contributed by atoms with Crippen molar-refractivity contribution in [3.63, 3.8) is 0 Å². The lowest BCUT2D eigenvalue weighted by Crippen LogP contribution is -2.12. The summed E-state index contributed by atoms with van der Waals surface area (Å²) in [5, 5.41) is 13.3. The van der Waals surface area contributed by atoms with E-state index in [1.165, 1.54) is 12.1 Å². The van der Waals surface area contributed by atoms with Crippen molar-refractivity contribution in [3.05, 3.63) is 83.9 Å². The number of pyridine rings is 1. The summed E-state index contributed by atoms with van der Waals surface area (Å²) in [4.78, 5) is 4.11. The molecule has 0 spiro atoms. The quantitative estimate of drug-likeness (QED) is 0.752. The zero-order valence-electron chi connectivity index (χ0n) is 12.5. The highest BCUT2D eigenvalue weighted by molar-refractivity contribution is 5.64. The molecule has 1 aromatic heterocycles. The van der Waals surface area contributed by atoms with Crippen LogP contribution in [-0.4, -0.2) is 10.1 Å². The third-order valence-electron chi connectivity index (χ3n) is 3.63. The van der Waals surface area contributed by atoms with Gasteiger partial charge in [0.2, 0.25) is 0 Å². The molecule has 0 aliphatic carbocycles. The number of hydrogen-bond acceptors (Lipinski definition) is 3. The van der Waals surface area contributed by atoms with Gasteiger partial charge in [-0.25, -0.2) is 4.39 Å². The Kier molecular flexibility index (Phi) is 4.64. The van der Waals surface area contributed by atoms with Crippen molar-refractivity contribution in [2.45, 2.75) is 13.1 Å². The number of nitrogens with zero attached hydrogens (tertiary/aromatic N) is 1. The van der Waals surface area contributed by atoms with Crippen molar-refractivity contribution in [2.75, 3.05) is 0 Å². The van der Waals surface area contributed by atoms with Gasteiger partial charge in [0.15, 0.2) is 0 Å². The normalized spacial score (nSPS) is 10.7. The SMILES string of the molecule is Oc1ccc(-c2cccnc2)cc1CNCc1ccc(F)cc1. The van der Waals surface area contributed by atoms with E-state index in [9.17, 15) is 9.50 Å². The summed E-state index contributed by atoms with van der Waals surface area (Å²) in [6.45, 7) is 1.13. The number of phenolic OH excluding ortho intramolecular Hbond substituents is 1. The van der Waals surface area contributed by atoms with Gasteiger partial charge in [0.1, 0.15) is 11.6 Å². The Morgan fingerprint density at radius 1 is 0.957 bits per heavy atom. The highest BCUT2D eigenvalue weighted by atomic mass is 19.1. The number of benzene rings is 2. The minimum absolute atomic E-state index is 0.240. The smallest absolute Gasteiger partial charge is 0.123 e. The summed E-state index contributed by atoms with van der Waals surface area (Å²) in [7, 11) is 0. The molecule has 0 aliphatic rings. The lowest BCUT2D eigenvalue weighted by molar-refractivity contribution is 0.464. The molecular formula is C19H17FN2O. The number of rotatable bonds is 5. The Hall–Kier alpha value is -2.72. The minimum atomic E-state index is -0.240. The lowest BCUT2D eigenvalue weighted by Gasteiger charge is -2.09. The fourth-order valence-electron chi connectivity index (χ4n) is 2.38. The third kappa shape index (κ3) is 3.93. The zero-order chi connectivity index (χ0) is 16.1. The molecule has 0 fully saturated rings. The Labute approximate surface area is 134 Å². The van der Waals surface area contributed by atoms with E-state index in [-0.39, 0.29) is 11.6 Å². The molecule has 0 atom stereocenters. The lowest BCUT2D eigenvalue weighted by atomic mass is 10.0. The molecule has 4 heteroatoms. The molecule has 0 saturated heterocycles. The molecule has 0 bridgehead atoms. The molecule has 3 rings (SSSR count). The van der Waals surface area contributed by atoms with Gasteiger partial charge in [0.25, 0.3) is 0 Å². The van der Waals surface area contributed by atoms with Crippen LogP contribution in [0.5, 0.6) is 5.75 Å². The molecule has 116 valence electrons. The molecule has 0 amide bonds. The Balaban J connectivity index is 1.69. The summed E-state index contributed by atoms with van der Waals surface area (Å²) in [5.41, 5.74) is 3.82. The van der Waals surface area contributed by atoms with Gasteiger partial charge in [-0.05, 0) is 41.5 Å². The number of nitrogens with one attached hydrogen (secondary N) is 1. The van der Waals surface area contributed by atoms with E-state index < -0.39 is 0 Å².